The molecule has 92 valence electrons. The summed E-state index contributed by atoms with van der Waals surface area (Å²) in [6.45, 7) is 0.402. The Hall–Kier alpha value is -1.11. The summed E-state index contributed by atoms with van der Waals surface area (Å²) in [5.74, 6) is -1.64. The Balaban J connectivity index is 2.57. The van der Waals surface area contributed by atoms with Crippen LogP contribution in [0.3, 0.4) is 0 Å². The van der Waals surface area contributed by atoms with Crippen LogP contribution >= 0.6 is 0 Å². The number of nitrogens with zero attached hydrogens (tertiary/aromatic N) is 1. The molecule has 0 aromatic heterocycles. The van der Waals surface area contributed by atoms with Crippen molar-refractivity contribution >= 4 is 21.7 Å². The SMILES string of the molecule is CS(=O)(=O)CCC(=O)N1CCC[C@H]1C(=O)O. The third-order valence-corrected chi connectivity index (χ3v) is 3.49. The zero-order chi connectivity index (χ0) is 12.3. The Morgan fingerprint density at radius 2 is 2.06 bits per heavy atom. The van der Waals surface area contributed by atoms with Crippen molar-refractivity contribution in [1.29, 1.82) is 0 Å². The molecule has 1 saturated heterocycles. The molecule has 1 N–H and O–H groups in total. The summed E-state index contributed by atoms with van der Waals surface area (Å²) < 4.78 is 21.8. The molecule has 0 aromatic carbocycles. The van der Waals surface area contributed by atoms with Crippen LogP contribution in [-0.2, 0) is 19.4 Å². The highest BCUT2D eigenvalue weighted by Gasteiger charge is 2.33. The fraction of sp³-hybridized carbons (Fsp3) is 0.778. The predicted octanol–water partition coefficient (Wildman–Crippen LogP) is -0.503. The first-order valence-electron chi connectivity index (χ1n) is 5.01. The van der Waals surface area contributed by atoms with Crippen molar-refractivity contribution in [2.75, 3.05) is 18.6 Å². The zero-order valence-corrected chi connectivity index (χ0v) is 9.87. The predicted molar refractivity (Wildman–Crippen MR) is 56.7 cm³/mol. The lowest BCUT2D eigenvalue weighted by Gasteiger charge is -2.21. The first-order chi connectivity index (χ1) is 7.31. The van der Waals surface area contributed by atoms with E-state index in [1.807, 2.05) is 0 Å². The van der Waals surface area contributed by atoms with Gasteiger partial charge in [0.1, 0.15) is 15.9 Å². The number of carboxylic acids is 1. The molecule has 0 saturated carbocycles. The number of hydrogen-bond acceptors (Lipinski definition) is 4. The fourth-order valence-electron chi connectivity index (χ4n) is 1.74. The Morgan fingerprint density at radius 1 is 1.44 bits per heavy atom. The number of hydrogen-bond donors (Lipinski definition) is 1. The van der Waals surface area contributed by atoms with Gasteiger partial charge >= 0.3 is 5.97 Å². The third-order valence-electron chi connectivity index (χ3n) is 2.54. The summed E-state index contributed by atoms with van der Waals surface area (Å²) in [4.78, 5) is 23.7. The Labute approximate surface area is 94.2 Å². The van der Waals surface area contributed by atoms with Crippen molar-refractivity contribution in [3.63, 3.8) is 0 Å². The second-order valence-electron chi connectivity index (χ2n) is 3.96. The molecule has 0 radical (unpaired) electrons. The quantitative estimate of drug-likeness (QED) is 0.725. The second kappa shape index (κ2) is 4.82. The molecule has 1 atom stereocenters. The normalized spacial score (nSPS) is 21.1. The van der Waals surface area contributed by atoms with Gasteiger partial charge in [0.15, 0.2) is 0 Å². The van der Waals surface area contributed by atoms with Crippen LogP contribution < -0.4 is 0 Å². The second-order valence-corrected chi connectivity index (χ2v) is 6.22. The number of amides is 1. The van der Waals surface area contributed by atoms with Gasteiger partial charge in [-0.25, -0.2) is 13.2 Å². The number of carboxylic acid groups (broad SMARTS) is 1. The maximum absolute atomic E-state index is 11.6. The summed E-state index contributed by atoms with van der Waals surface area (Å²) in [6, 6.07) is -0.785. The largest absolute Gasteiger partial charge is 0.480 e. The van der Waals surface area contributed by atoms with Gasteiger partial charge < -0.3 is 10.0 Å². The molecule has 1 aliphatic rings. The van der Waals surface area contributed by atoms with Gasteiger partial charge in [-0.05, 0) is 12.8 Å². The monoisotopic (exact) mass is 249 g/mol. The van der Waals surface area contributed by atoms with Gasteiger partial charge in [0.2, 0.25) is 5.91 Å². The van der Waals surface area contributed by atoms with E-state index in [-0.39, 0.29) is 12.2 Å². The highest BCUT2D eigenvalue weighted by molar-refractivity contribution is 7.90. The van der Waals surface area contributed by atoms with E-state index in [1.54, 1.807) is 0 Å². The average molecular weight is 249 g/mol. The zero-order valence-electron chi connectivity index (χ0n) is 9.05. The lowest BCUT2D eigenvalue weighted by Crippen LogP contribution is -2.40. The van der Waals surface area contributed by atoms with Crippen LogP contribution in [-0.4, -0.2) is 54.9 Å². The Bertz CT molecular complexity index is 389. The minimum atomic E-state index is -3.18. The van der Waals surface area contributed by atoms with Gasteiger partial charge in [-0.2, -0.15) is 0 Å². The third kappa shape index (κ3) is 3.48. The first-order valence-corrected chi connectivity index (χ1v) is 7.07. The summed E-state index contributed by atoms with van der Waals surface area (Å²) >= 11 is 0. The van der Waals surface area contributed by atoms with Gasteiger partial charge in [0.05, 0.1) is 5.75 Å². The number of sulfone groups is 1. The summed E-state index contributed by atoms with van der Waals surface area (Å²) in [7, 11) is -3.18. The van der Waals surface area contributed by atoms with E-state index in [4.69, 9.17) is 5.11 Å². The summed E-state index contributed by atoms with van der Waals surface area (Å²) in [5, 5.41) is 8.85. The molecule has 0 aromatic rings. The highest BCUT2D eigenvalue weighted by atomic mass is 32.2. The highest BCUT2D eigenvalue weighted by Crippen LogP contribution is 2.18. The molecule has 6 nitrogen and oxygen atoms in total. The van der Waals surface area contributed by atoms with Crippen molar-refractivity contribution in [3.05, 3.63) is 0 Å². The van der Waals surface area contributed by atoms with Crippen LogP contribution in [0, 0.1) is 0 Å². The smallest absolute Gasteiger partial charge is 0.326 e. The van der Waals surface area contributed by atoms with Crippen LogP contribution in [0.25, 0.3) is 0 Å². The minimum absolute atomic E-state index is 0.136. The Morgan fingerprint density at radius 3 is 2.56 bits per heavy atom. The van der Waals surface area contributed by atoms with Crippen LogP contribution in [0.2, 0.25) is 0 Å². The lowest BCUT2D eigenvalue weighted by molar-refractivity contribution is -0.148. The maximum Gasteiger partial charge on any atom is 0.326 e. The summed E-state index contributed by atoms with van der Waals surface area (Å²) in [5.41, 5.74) is 0. The molecule has 1 fully saturated rings. The molecular formula is C9H15NO5S. The van der Waals surface area contributed by atoms with E-state index in [0.717, 1.165) is 6.26 Å². The van der Waals surface area contributed by atoms with Crippen molar-refractivity contribution in [2.24, 2.45) is 0 Å². The molecule has 1 amide bonds. The van der Waals surface area contributed by atoms with Crippen LogP contribution in [0.1, 0.15) is 19.3 Å². The standard InChI is InChI=1S/C9H15NO5S/c1-16(14,15)6-4-8(11)10-5-2-3-7(10)9(12)13/h7H,2-6H2,1H3,(H,12,13)/t7-/m0/s1. The number of carbonyl (C=O) groups excluding carboxylic acids is 1. The van der Waals surface area contributed by atoms with Crippen molar-refractivity contribution < 1.29 is 23.1 Å². The van der Waals surface area contributed by atoms with Crippen molar-refractivity contribution in [3.8, 4) is 0 Å². The van der Waals surface area contributed by atoms with E-state index in [9.17, 15) is 18.0 Å². The van der Waals surface area contributed by atoms with Crippen LogP contribution in [0.5, 0.6) is 0 Å². The molecule has 0 unspecified atom stereocenters. The maximum atomic E-state index is 11.6. The molecule has 7 heteroatoms. The fourth-order valence-corrected chi connectivity index (χ4v) is 2.28. The van der Waals surface area contributed by atoms with Gasteiger partial charge in [-0.3, -0.25) is 4.79 Å². The molecule has 0 spiro atoms. The van der Waals surface area contributed by atoms with Gasteiger partial charge in [-0.1, -0.05) is 0 Å². The molecule has 1 aliphatic heterocycles. The molecule has 16 heavy (non-hydrogen) atoms. The first kappa shape index (κ1) is 13.0. The molecule has 0 bridgehead atoms. The number of aliphatic carboxylic acids is 1. The van der Waals surface area contributed by atoms with E-state index in [1.165, 1.54) is 4.90 Å². The molecular weight excluding hydrogens is 234 g/mol. The molecule has 1 rings (SSSR count). The number of rotatable bonds is 4. The van der Waals surface area contributed by atoms with E-state index in [0.29, 0.717) is 19.4 Å². The van der Waals surface area contributed by atoms with Crippen LogP contribution in [0.4, 0.5) is 0 Å². The van der Waals surface area contributed by atoms with E-state index in [2.05, 4.69) is 0 Å². The summed E-state index contributed by atoms with van der Waals surface area (Å²) in [6.07, 6.45) is 2.02. The lowest BCUT2D eigenvalue weighted by atomic mass is 10.2. The van der Waals surface area contributed by atoms with Gasteiger partial charge in [-0.15, -0.1) is 0 Å². The van der Waals surface area contributed by atoms with E-state index < -0.39 is 27.8 Å². The van der Waals surface area contributed by atoms with Crippen molar-refractivity contribution in [2.45, 2.75) is 25.3 Å². The van der Waals surface area contributed by atoms with Crippen LogP contribution in [0.15, 0.2) is 0 Å². The molecule has 1 heterocycles. The average Bonchev–Trinajstić information content (AvgIpc) is 2.61. The minimum Gasteiger partial charge on any atom is -0.480 e. The van der Waals surface area contributed by atoms with Gasteiger partial charge in [0, 0.05) is 19.2 Å². The topological polar surface area (TPSA) is 91.8 Å². The number of carbonyl (C=O) groups is 2. The molecule has 0 aliphatic carbocycles. The number of likely N-dealkylation sites (tertiary alicyclic amines) is 1. The van der Waals surface area contributed by atoms with Crippen molar-refractivity contribution in [1.82, 2.24) is 4.90 Å². The Kier molecular flexibility index (Phi) is 3.90. The van der Waals surface area contributed by atoms with E-state index >= 15 is 0 Å². The van der Waals surface area contributed by atoms with Gasteiger partial charge in [0.25, 0.3) is 0 Å².